The van der Waals surface area contributed by atoms with Gasteiger partial charge in [0.1, 0.15) is 5.75 Å². The number of hydrogen-bond acceptors (Lipinski definition) is 8. The molecule has 1 aliphatic rings. The van der Waals surface area contributed by atoms with Crippen LogP contribution in [0.3, 0.4) is 0 Å². The van der Waals surface area contributed by atoms with Crippen LogP contribution in [0.5, 0.6) is 5.75 Å². The second kappa shape index (κ2) is 9.55. The van der Waals surface area contributed by atoms with E-state index >= 15 is 0 Å². The Hall–Kier alpha value is -3.50. The van der Waals surface area contributed by atoms with Crippen molar-refractivity contribution in [2.75, 3.05) is 33.3 Å². The summed E-state index contributed by atoms with van der Waals surface area (Å²) in [5.74, 6) is 1.86. The molecule has 3 aromatic heterocycles. The van der Waals surface area contributed by atoms with Crippen molar-refractivity contribution in [2.24, 2.45) is 0 Å². The van der Waals surface area contributed by atoms with E-state index in [2.05, 4.69) is 31.9 Å². The molecular weight excluding hydrogens is 440 g/mol. The zero-order valence-corrected chi connectivity index (χ0v) is 19.0. The van der Waals surface area contributed by atoms with Crippen molar-refractivity contribution in [2.45, 2.75) is 12.6 Å². The number of aromatic nitrogens is 4. The summed E-state index contributed by atoms with van der Waals surface area (Å²) in [6, 6.07) is 15.4. The Kier molecular flexibility index (Phi) is 6.18. The molecule has 10 heteroatoms. The highest BCUT2D eigenvalue weighted by Gasteiger charge is 2.32. The molecule has 4 aromatic rings. The second-order valence-corrected chi connectivity index (χ2v) is 8.79. The minimum atomic E-state index is -0.147. The van der Waals surface area contributed by atoms with Crippen LogP contribution in [-0.4, -0.2) is 69.2 Å². The molecule has 1 amide bonds. The smallest absolute Gasteiger partial charge is 0.289 e. The number of piperazine rings is 1. The van der Waals surface area contributed by atoms with E-state index in [1.54, 1.807) is 30.6 Å². The summed E-state index contributed by atoms with van der Waals surface area (Å²) >= 11 is 1.68. The average molecular weight is 465 g/mol. The van der Waals surface area contributed by atoms with Gasteiger partial charge >= 0.3 is 0 Å². The molecule has 9 nitrogen and oxygen atoms in total. The maximum absolute atomic E-state index is 12.7. The zero-order valence-electron chi connectivity index (χ0n) is 18.2. The number of hydrogen-bond donors (Lipinski definition) is 0. The topological polar surface area (TPSA) is 89.5 Å². The van der Waals surface area contributed by atoms with Crippen molar-refractivity contribution in [3.05, 3.63) is 82.2 Å². The standard InChI is InChI=1S/C23H24N6O3S/c1-31-18-8-6-17(7-9-18)21(22-24-25-26-29(22)16-19-4-3-15-33-19)27-10-12-28(13-11-27)23(30)20-5-2-14-32-20/h2-9,14-15,21H,10-13,16H2,1H3/t21-/m0/s1. The van der Waals surface area contributed by atoms with Crippen molar-refractivity contribution < 1.29 is 13.9 Å². The lowest BCUT2D eigenvalue weighted by Gasteiger charge is -2.38. The van der Waals surface area contributed by atoms with Gasteiger partial charge in [-0.25, -0.2) is 4.68 Å². The first kappa shape index (κ1) is 21.4. The number of benzene rings is 1. The first-order chi connectivity index (χ1) is 16.2. The van der Waals surface area contributed by atoms with E-state index in [1.807, 2.05) is 39.9 Å². The van der Waals surface area contributed by atoms with Gasteiger partial charge in [-0.15, -0.1) is 16.4 Å². The Morgan fingerprint density at radius 2 is 1.94 bits per heavy atom. The van der Waals surface area contributed by atoms with Gasteiger partial charge in [0, 0.05) is 31.1 Å². The Morgan fingerprint density at radius 1 is 1.12 bits per heavy atom. The molecule has 0 unspecified atom stereocenters. The summed E-state index contributed by atoms with van der Waals surface area (Å²) in [7, 11) is 1.66. The molecule has 0 radical (unpaired) electrons. The van der Waals surface area contributed by atoms with Gasteiger partial charge in [0.15, 0.2) is 11.6 Å². The minimum Gasteiger partial charge on any atom is -0.497 e. The first-order valence-corrected chi connectivity index (χ1v) is 11.6. The molecule has 0 spiro atoms. The van der Waals surface area contributed by atoms with Crippen LogP contribution < -0.4 is 4.74 Å². The van der Waals surface area contributed by atoms with Crippen molar-refractivity contribution in [3.8, 4) is 5.75 Å². The fourth-order valence-corrected chi connectivity index (χ4v) is 4.80. The van der Waals surface area contributed by atoms with E-state index in [0.29, 0.717) is 38.5 Å². The summed E-state index contributed by atoms with van der Waals surface area (Å²) < 4.78 is 12.5. The molecule has 4 heterocycles. The van der Waals surface area contributed by atoms with E-state index < -0.39 is 0 Å². The number of nitrogens with zero attached hydrogens (tertiary/aromatic N) is 6. The second-order valence-electron chi connectivity index (χ2n) is 7.76. The number of amides is 1. The molecule has 170 valence electrons. The van der Waals surface area contributed by atoms with Crippen LogP contribution in [0.1, 0.15) is 32.9 Å². The van der Waals surface area contributed by atoms with E-state index in [1.165, 1.54) is 11.1 Å². The zero-order chi connectivity index (χ0) is 22.6. The lowest BCUT2D eigenvalue weighted by molar-refractivity contribution is 0.0559. The SMILES string of the molecule is COc1ccc([C@@H](c2nnnn2Cc2cccs2)N2CCN(C(=O)c3ccco3)CC2)cc1. The maximum Gasteiger partial charge on any atom is 0.289 e. The highest BCUT2D eigenvalue weighted by Crippen LogP contribution is 2.30. The van der Waals surface area contributed by atoms with Crippen LogP contribution in [0.25, 0.3) is 0 Å². The van der Waals surface area contributed by atoms with Crippen molar-refractivity contribution in [1.29, 1.82) is 0 Å². The third kappa shape index (κ3) is 4.53. The molecule has 1 aromatic carbocycles. The molecular formula is C23H24N6O3S. The molecule has 0 N–H and O–H groups in total. The van der Waals surface area contributed by atoms with Crippen molar-refractivity contribution in [3.63, 3.8) is 0 Å². The third-order valence-corrected chi connectivity index (χ3v) is 6.68. The summed E-state index contributed by atoms with van der Waals surface area (Å²) in [5, 5.41) is 14.7. The summed E-state index contributed by atoms with van der Waals surface area (Å²) in [6.07, 6.45) is 1.52. The molecule has 1 saturated heterocycles. The average Bonchev–Trinajstić information content (AvgIpc) is 3.64. The van der Waals surface area contributed by atoms with Gasteiger partial charge in [0.05, 0.1) is 26.0 Å². The molecule has 33 heavy (non-hydrogen) atoms. The maximum atomic E-state index is 12.7. The number of thiophene rings is 1. The van der Waals surface area contributed by atoms with Gasteiger partial charge in [-0.2, -0.15) is 0 Å². The first-order valence-electron chi connectivity index (χ1n) is 10.7. The molecule has 0 saturated carbocycles. The van der Waals surface area contributed by atoms with Gasteiger partial charge in [0.2, 0.25) is 0 Å². The van der Waals surface area contributed by atoms with Crippen molar-refractivity contribution >= 4 is 17.2 Å². The quantitative estimate of drug-likeness (QED) is 0.415. The molecule has 0 aliphatic carbocycles. The predicted octanol–water partition coefficient (Wildman–Crippen LogP) is 2.93. The van der Waals surface area contributed by atoms with E-state index in [-0.39, 0.29) is 11.9 Å². The van der Waals surface area contributed by atoms with Crippen LogP contribution in [0.15, 0.2) is 64.6 Å². The van der Waals surface area contributed by atoms with Crippen LogP contribution in [0, 0.1) is 0 Å². The molecule has 1 atom stereocenters. The Labute approximate surface area is 195 Å². The van der Waals surface area contributed by atoms with Gasteiger partial charge in [0.25, 0.3) is 5.91 Å². The fourth-order valence-electron chi connectivity index (χ4n) is 4.12. The van der Waals surface area contributed by atoms with E-state index in [0.717, 1.165) is 17.1 Å². The number of ether oxygens (including phenoxy) is 1. The third-order valence-electron chi connectivity index (χ3n) is 5.82. The highest BCUT2D eigenvalue weighted by molar-refractivity contribution is 7.09. The number of tetrazole rings is 1. The Bertz CT molecular complexity index is 1170. The number of rotatable bonds is 7. The lowest BCUT2D eigenvalue weighted by atomic mass is 10.0. The Balaban J connectivity index is 1.41. The largest absolute Gasteiger partial charge is 0.497 e. The lowest BCUT2D eigenvalue weighted by Crippen LogP contribution is -2.50. The van der Waals surface area contributed by atoms with Crippen LogP contribution in [0.2, 0.25) is 0 Å². The monoisotopic (exact) mass is 464 g/mol. The van der Waals surface area contributed by atoms with E-state index in [9.17, 15) is 4.79 Å². The predicted molar refractivity (Wildman–Crippen MR) is 122 cm³/mol. The Morgan fingerprint density at radius 3 is 2.61 bits per heavy atom. The van der Waals surface area contributed by atoms with Crippen LogP contribution >= 0.6 is 11.3 Å². The summed E-state index contributed by atoms with van der Waals surface area (Å²) in [4.78, 5) is 18.0. The van der Waals surface area contributed by atoms with Crippen LogP contribution in [-0.2, 0) is 6.54 Å². The molecule has 5 rings (SSSR count). The number of methoxy groups -OCH3 is 1. The minimum absolute atomic E-state index is 0.0804. The number of carbonyl (C=O) groups is 1. The van der Waals surface area contributed by atoms with Gasteiger partial charge in [-0.3, -0.25) is 9.69 Å². The molecule has 1 fully saturated rings. The van der Waals surface area contributed by atoms with Crippen LogP contribution in [0.4, 0.5) is 0 Å². The molecule has 0 bridgehead atoms. The normalized spacial score (nSPS) is 15.5. The van der Waals surface area contributed by atoms with E-state index in [4.69, 9.17) is 9.15 Å². The highest BCUT2D eigenvalue weighted by atomic mass is 32.1. The van der Waals surface area contributed by atoms with Gasteiger partial charge in [-0.05, 0) is 51.7 Å². The fraction of sp³-hybridized carbons (Fsp3) is 0.304. The molecule has 1 aliphatic heterocycles. The van der Waals surface area contributed by atoms with Gasteiger partial charge < -0.3 is 14.1 Å². The van der Waals surface area contributed by atoms with Crippen molar-refractivity contribution in [1.82, 2.24) is 30.0 Å². The van der Waals surface area contributed by atoms with Gasteiger partial charge in [-0.1, -0.05) is 18.2 Å². The number of furan rings is 1. The summed E-state index contributed by atoms with van der Waals surface area (Å²) in [6.45, 7) is 3.19. The number of carbonyl (C=O) groups excluding carboxylic acids is 1. The summed E-state index contributed by atoms with van der Waals surface area (Å²) in [5.41, 5.74) is 1.07.